The topological polar surface area (TPSA) is 3.24 Å². The molecule has 1 nitrogen and oxygen atoms in total. The molecular formula is C9H15N. The molecule has 0 radical (unpaired) electrons. The summed E-state index contributed by atoms with van der Waals surface area (Å²) in [6.45, 7) is 7.22. The van der Waals surface area contributed by atoms with Gasteiger partial charge >= 0.3 is 0 Å². The standard InChI is InChI=1S/C9H15N/c1-7-3-9-4-8(2)6-10(9)5-7/h3,7-8H,4-6H2,1-2H3. The molecule has 0 aromatic heterocycles. The molecule has 0 N–H and O–H groups in total. The van der Waals surface area contributed by atoms with Crippen molar-refractivity contribution >= 4 is 0 Å². The minimum absolute atomic E-state index is 0.808. The van der Waals surface area contributed by atoms with Crippen LogP contribution in [0.5, 0.6) is 0 Å². The minimum atomic E-state index is 0.808. The Morgan fingerprint density at radius 1 is 1.40 bits per heavy atom. The SMILES string of the molecule is CC1C=C2CC(C)CN2C1. The Hall–Kier alpha value is -0.460. The summed E-state index contributed by atoms with van der Waals surface area (Å²) in [5.41, 5.74) is 1.61. The molecule has 2 rings (SSSR count). The van der Waals surface area contributed by atoms with E-state index in [1.807, 2.05) is 0 Å². The van der Waals surface area contributed by atoms with Crippen LogP contribution in [-0.2, 0) is 0 Å². The van der Waals surface area contributed by atoms with Gasteiger partial charge in [-0.3, -0.25) is 0 Å². The van der Waals surface area contributed by atoms with Crippen molar-refractivity contribution in [2.75, 3.05) is 13.1 Å². The zero-order chi connectivity index (χ0) is 7.14. The molecule has 0 aliphatic carbocycles. The number of allylic oxidation sites excluding steroid dienone is 1. The van der Waals surface area contributed by atoms with Crippen LogP contribution in [0.1, 0.15) is 20.3 Å². The molecule has 0 saturated carbocycles. The van der Waals surface area contributed by atoms with Gasteiger partial charge in [0.15, 0.2) is 0 Å². The molecular weight excluding hydrogens is 122 g/mol. The first-order chi connectivity index (χ1) is 4.75. The molecule has 2 atom stereocenters. The molecule has 2 aliphatic heterocycles. The molecule has 1 heteroatoms. The van der Waals surface area contributed by atoms with Crippen molar-refractivity contribution in [1.82, 2.24) is 4.90 Å². The first-order valence-corrected chi connectivity index (χ1v) is 4.21. The fraction of sp³-hybridized carbons (Fsp3) is 0.778. The van der Waals surface area contributed by atoms with Crippen LogP contribution in [0.15, 0.2) is 11.8 Å². The fourth-order valence-electron chi connectivity index (χ4n) is 2.14. The highest BCUT2D eigenvalue weighted by atomic mass is 15.2. The van der Waals surface area contributed by atoms with E-state index in [-0.39, 0.29) is 0 Å². The van der Waals surface area contributed by atoms with Crippen LogP contribution >= 0.6 is 0 Å². The average Bonchev–Trinajstić information content (AvgIpc) is 2.21. The molecule has 1 fully saturated rings. The van der Waals surface area contributed by atoms with E-state index in [1.165, 1.54) is 19.5 Å². The third-order valence-electron chi connectivity index (χ3n) is 2.48. The van der Waals surface area contributed by atoms with Crippen LogP contribution in [0.4, 0.5) is 0 Å². The van der Waals surface area contributed by atoms with Gasteiger partial charge in [0.1, 0.15) is 0 Å². The van der Waals surface area contributed by atoms with E-state index >= 15 is 0 Å². The van der Waals surface area contributed by atoms with E-state index < -0.39 is 0 Å². The Balaban J connectivity index is 2.14. The molecule has 0 aromatic carbocycles. The molecule has 2 aliphatic rings. The van der Waals surface area contributed by atoms with Gasteiger partial charge in [-0.15, -0.1) is 0 Å². The summed E-state index contributed by atoms with van der Waals surface area (Å²) in [5, 5.41) is 0. The van der Waals surface area contributed by atoms with Gasteiger partial charge in [-0.1, -0.05) is 19.9 Å². The van der Waals surface area contributed by atoms with Crippen LogP contribution in [0.3, 0.4) is 0 Å². The molecule has 2 unspecified atom stereocenters. The summed E-state index contributed by atoms with van der Waals surface area (Å²) in [6, 6.07) is 0. The molecule has 0 spiro atoms. The molecule has 0 amide bonds. The Morgan fingerprint density at radius 2 is 2.20 bits per heavy atom. The fourth-order valence-corrected chi connectivity index (χ4v) is 2.14. The predicted octanol–water partition coefficient (Wildman–Crippen LogP) is 1.86. The van der Waals surface area contributed by atoms with Gasteiger partial charge in [-0.2, -0.15) is 0 Å². The number of hydrogen-bond donors (Lipinski definition) is 0. The number of rotatable bonds is 0. The van der Waals surface area contributed by atoms with E-state index in [0.717, 1.165) is 11.8 Å². The maximum Gasteiger partial charge on any atom is 0.0236 e. The molecule has 10 heavy (non-hydrogen) atoms. The van der Waals surface area contributed by atoms with Crippen LogP contribution in [0.2, 0.25) is 0 Å². The monoisotopic (exact) mass is 137 g/mol. The maximum atomic E-state index is 2.54. The molecule has 0 bridgehead atoms. The lowest BCUT2D eigenvalue weighted by Gasteiger charge is -2.14. The van der Waals surface area contributed by atoms with Crippen molar-refractivity contribution in [2.24, 2.45) is 11.8 Å². The first kappa shape index (κ1) is 6.26. The van der Waals surface area contributed by atoms with Crippen molar-refractivity contribution < 1.29 is 0 Å². The Bertz CT molecular complexity index is 172. The zero-order valence-electron chi connectivity index (χ0n) is 6.80. The highest BCUT2D eigenvalue weighted by Gasteiger charge is 2.28. The smallest absolute Gasteiger partial charge is 0.0236 e. The summed E-state index contributed by atoms with van der Waals surface area (Å²) >= 11 is 0. The summed E-state index contributed by atoms with van der Waals surface area (Å²) < 4.78 is 0. The number of nitrogens with zero attached hydrogens (tertiary/aromatic N) is 1. The summed E-state index contributed by atoms with van der Waals surface area (Å²) in [4.78, 5) is 2.54. The minimum Gasteiger partial charge on any atom is -0.374 e. The lowest BCUT2D eigenvalue weighted by molar-refractivity contribution is 0.371. The van der Waals surface area contributed by atoms with Crippen molar-refractivity contribution in [1.29, 1.82) is 0 Å². The Kier molecular flexibility index (Phi) is 1.26. The van der Waals surface area contributed by atoms with Gasteiger partial charge in [0, 0.05) is 18.8 Å². The van der Waals surface area contributed by atoms with E-state index in [0.29, 0.717) is 0 Å². The summed E-state index contributed by atoms with van der Waals surface area (Å²) in [5.74, 6) is 1.71. The lowest BCUT2D eigenvalue weighted by Crippen LogP contribution is -2.18. The second-order valence-electron chi connectivity index (χ2n) is 3.85. The first-order valence-electron chi connectivity index (χ1n) is 4.21. The van der Waals surface area contributed by atoms with Gasteiger partial charge < -0.3 is 4.90 Å². The quantitative estimate of drug-likeness (QED) is 0.492. The Morgan fingerprint density at radius 3 is 2.90 bits per heavy atom. The molecule has 1 saturated heterocycles. The molecule has 0 aromatic rings. The van der Waals surface area contributed by atoms with Gasteiger partial charge in [-0.05, 0) is 18.3 Å². The predicted molar refractivity (Wildman–Crippen MR) is 42.6 cm³/mol. The summed E-state index contributed by atoms with van der Waals surface area (Å²) in [7, 11) is 0. The highest BCUT2D eigenvalue weighted by molar-refractivity contribution is 5.14. The van der Waals surface area contributed by atoms with Crippen LogP contribution in [0, 0.1) is 11.8 Å². The van der Waals surface area contributed by atoms with Gasteiger partial charge in [-0.25, -0.2) is 0 Å². The van der Waals surface area contributed by atoms with Crippen LogP contribution < -0.4 is 0 Å². The van der Waals surface area contributed by atoms with Crippen molar-refractivity contribution in [3.63, 3.8) is 0 Å². The van der Waals surface area contributed by atoms with Gasteiger partial charge in [0.05, 0.1) is 0 Å². The molecule has 56 valence electrons. The zero-order valence-corrected chi connectivity index (χ0v) is 6.80. The lowest BCUT2D eigenvalue weighted by atomic mass is 10.1. The van der Waals surface area contributed by atoms with Crippen LogP contribution in [-0.4, -0.2) is 18.0 Å². The van der Waals surface area contributed by atoms with E-state index in [2.05, 4.69) is 24.8 Å². The van der Waals surface area contributed by atoms with Gasteiger partial charge in [0.25, 0.3) is 0 Å². The third kappa shape index (κ3) is 0.845. The summed E-state index contributed by atoms with van der Waals surface area (Å²) in [6.07, 6.45) is 3.76. The van der Waals surface area contributed by atoms with Crippen molar-refractivity contribution in [3.05, 3.63) is 11.8 Å². The number of fused-ring (bicyclic) bond motifs is 1. The normalized spacial score (nSPS) is 38.2. The van der Waals surface area contributed by atoms with E-state index in [1.54, 1.807) is 5.70 Å². The van der Waals surface area contributed by atoms with E-state index in [4.69, 9.17) is 0 Å². The largest absolute Gasteiger partial charge is 0.374 e. The second kappa shape index (κ2) is 2.01. The van der Waals surface area contributed by atoms with Crippen molar-refractivity contribution in [3.8, 4) is 0 Å². The van der Waals surface area contributed by atoms with Crippen molar-refractivity contribution in [2.45, 2.75) is 20.3 Å². The molecule has 2 heterocycles. The number of hydrogen-bond acceptors (Lipinski definition) is 1. The third-order valence-corrected chi connectivity index (χ3v) is 2.48. The Labute approximate surface area is 62.7 Å². The highest BCUT2D eigenvalue weighted by Crippen LogP contribution is 2.32. The van der Waals surface area contributed by atoms with Crippen LogP contribution in [0.25, 0.3) is 0 Å². The average molecular weight is 137 g/mol. The van der Waals surface area contributed by atoms with Gasteiger partial charge in [0.2, 0.25) is 0 Å². The van der Waals surface area contributed by atoms with E-state index in [9.17, 15) is 0 Å². The maximum absolute atomic E-state index is 2.54. The second-order valence-corrected chi connectivity index (χ2v) is 3.85.